The van der Waals surface area contributed by atoms with Gasteiger partial charge in [0.2, 0.25) is 0 Å². The fourth-order valence-corrected chi connectivity index (χ4v) is 2.61. The van der Waals surface area contributed by atoms with Crippen molar-refractivity contribution in [1.82, 2.24) is 5.32 Å². The summed E-state index contributed by atoms with van der Waals surface area (Å²) in [4.78, 5) is 11.8. The van der Waals surface area contributed by atoms with Crippen LogP contribution in [0, 0.1) is 17.7 Å². The molecule has 1 saturated heterocycles. The molecule has 1 N–H and O–H groups in total. The summed E-state index contributed by atoms with van der Waals surface area (Å²) in [6.07, 6.45) is 1.15. The van der Waals surface area contributed by atoms with E-state index in [1.165, 1.54) is 12.1 Å². The van der Waals surface area contributed by atoms with Crippen LogP contribution in [0.1, 0.15) is 20.3 Å². The minimum atomic E-state index is -0.464. The van der Waals surface area contributed by atoms with Crippen LogP contribution in [0.5, 0.6) is 5.75 Å². The van der Waals surface area contributed by atoms with Gasteiger partial charge in [-0.15, -0.1) is 0 Å². The molecular weight excluding hydrogens is 273 g/mol. The van der Waals surface area contributed by atoms with E-state index in [2.05, 4.69) is 19.2 Å². The minimum absolute atomic E-state index is 0.0944. The molecule has 1 fully saturated rings. The summed E-state index contributed by atoms with van der Waals surface area (Å²) >= 11 is 0. The van der Waals surface area contributed by atoms with E-state index in [0.29, 0.717) is 18.4 Å². The second kappa shape index (κ2) is 7.41. The first-order valence-corrected chi connectivity index (χ1v) is 7.33. The third-order valence-electron chi connectivity index (χ3n) is 3.68. The Morgan fingerprint density at radius 3 is 2.95 bits per heavy atom. The van der Waals surface area contributed by atoms with Crippen LogP contribution in [-0.4, -0.2) is 31.8 Å². The van der Waals surface area contributed by atoms with Gasteiger partial charge in [-0.05, 0) is 24.5 Å². The van der Waals surface area contributed by atoms with Crippen molar-refractivity contribution in [3.63, 3.8) is 0 Å². The third kappa shape index (κ3) is 4.43. The highest BCUT2D eigenvalue weighted by atomic mass is 19.1. The average Bonchev–Trinajstić information content (AvgIpc) is 2.93. The van der Waals surface area contributed by atoms with E-state index >= 15 is 0 Å². The number of carbonyl (C=O) groups is 1. The largest absolute Gasteiger partial charge is 0.481 e. The number of carbonyl (C=O) groups excluding carboxylic acids is 1. The Morgan fingerprint density at radius 2 is 2.24 bits per heavy atom. The zero-order valence-electron chi connectivity index (χ0n) is 12.5. The first-order chi connectivity index (χ1) is 10.1. The van der Waals surface area contributed by atoms with Crippen molar-refractivity contribution in [2.45, 2.75) is 26.4 Å². The maximum absolute atomic E-state index is 13.3. The lowest BCUT2D eigenvalue weighted by atomic mass is 9.93. The lowest BCUT2D eigenvalue weighted by Crippen LogP contribution is -2.37. The molecule has 1 aliphatic rings. The number of rotatable bonds is 6. The molecule has 116 valence electrons. The average molecular weight is 295 g/mol. The molecule has 0 aromatic heterocycles. The number of halogens is 1. The van der Waals surface area contributed by atoms with E-state index in [4.69, 9.17) is 9.47 Å². The van der Waals surface area contributed by atoms with Crippen molar-refractivity contribution >= 4 is 5.91 Å². The molecule has 2 rings (SSSR count). The summed E-state index contributed by atoms with van der Waals surface area (Å²) in [5.41, 5.74) is 0. The quantitative estimate of drug-likeness (QED) is 0.876. The lowest BCUT2D eigenvalue weighted by Gasteiger charge is -2.22. The maximum atomic E-state index is 13.3. The van der Waals surface area contributed by atoms with Gasteiger partial charge in [-0.1, -0.05) is 26.0 Å². The molecular formula is C16H22FNO3. The van der Waals surface area contributed by atoms with Crippen molar-refractivity contribution in [2.75, 3.05) is 19.8 Å². The summed E-state index contributed by atoms with van der Waals surface area (Å²) < 4.78 is 24.2. The third-order valence-corrected chi connectivity index (χ3v) is 3.68. The molecule has 2 atom stereocenters. The first-order valence-electron chi connectivity index (χ1n) is 7.33. The molecule has 0 spiro atoms. The van der Waals surface area contributed by atoms with Crippen LogP contribution in [-0.2, 0) is 9.53 Å². The van der Waals surface area contributed by atoms with Crippen molar-refractivity contribution in [3.05, 3.63) is 30.1 Å². The highest BCUT2D eigenvalue weighted by Gasteiger charge is 2.30. The van der Waals surface area contributed by atoms with Gasteiger partial charge in [0.05, 0.1) is 6.10 Å². The monoisotopic (exact) mass is 295 g/mol. The highest BCUT2D eigenvalue weighted by molar-refractivity contribution is 5.77. The molecule has 21 heavy (non-hydrogen) atoms. The molecule has 1 aliphatic heterocycles. The van der Waals surface area contributed by atoms with Gasteiger partial charge in [-0.3, -0.25) is 4.79 Å². The molecule has 1 heterocycles. The fourth-order valence-electron chi connectivity index (χ4n) is 2.61. The minimum Gasteiger partial charge on any atom is -0.481 e. The zero-order chi connectivity index (χ0) is 15.2. The Bertz CT molecular complexity index is 478. The van der Waals surface area contributed by atoms with Gasteiger partial charge in [0, 0.05) is 19.1 Å². The van der Waals surface area contributed by atoms with Crippen LogP contribution < -0.4 is 10.1 Å². The number of para-hydroxylation sites is 1. The smallest absolute Gasteiger partial charge is 0.257 e. The van der Waals surface area contributed by atoms with E-state index in [9.17, 15) is 9.18 Å². The summed E-state index contributed by atoms with van der Waals surface area (Å²) in [6, 6.07) is 6.05. The predicted molar refractivity (Wildman–Crippen MR) is 77.6 cm³/mol. The Hall–Kier alpha value is -1.62. The summed E-state index contributed by atoms with van der Waals surface area (Å²) in [6.45, 7) is 5.37. The van der Waals surface area contributed by atoms with Gasteiger partial charge in [-0.2, -0.15) is 0 Å². The maximum Gasteiger partial charge on any atom is 0.257 e. The van der Waals surface area contributed by atoms with Gasteiger partial charge >= 0.3 is 0 Å². The van der Waals surface area contributed by atoms with Crippen molar-refractivity contribution in [1.29, 1.82) is 0 Å². The van der Waals surface area contributed by atoms with Crippen molar-refractivity contribution in [2.24, 2.45) is 11.8 Å². The van der Waals surface area contributed by atoms with Crippen LogP contribution in [0.15, 0.2) is 24.3 Å². The topological polar surface area (TPSA) is 47.6 Å². The summed E-state index contributed by atoms with van der Waals surface area (Å²) in [7, 11) is 0. The van der Waals surface area contributed by atoms with Gasteiger partial charge in [0.15, 0.2) is 18.2 Å². The second-order valence-electron chi connectivity index (χ2n) is 5.65. The van der Waals surface area contributed by atoms with Crippen LogP contribution in [0.3, 0.4) is 0 Å². The molecule has 0 saturated carbocycles. The molecule has 1 aromatic carbocycles. The highest BCUT2D eigenvalue weighted by Crippen LogP contribution is 2.26. The molecule has 5 heteroatoms. The van der Waals surface area contributed by atoms with Crippen molar-refractivity contribution < 1.29 is 18.7 Å². The number of ether oxygens (including phenoxy) is 2. The lowest BCUT2D eigenvalue weighted by molar-refractivity contribution is -0.123. The Labute approximate surface area is 124 Å². The van der Waals surface area contributed by atoms with Gasteiger partial charge in [0.25, 0.3) is 5.91 Å². The predicted octanol–water partition coefficient (Wildman–Crippen LogP) is 2.38. The SMILES string of the molecule is CC(C)[C@H]1OCC[C@@H]1CNC(=O)COc1ccccc1F. The van der Waals surface area contributed by atoms with E-state index in [1.54, 1.807) is 12.1 Å². The molecule has 0 unspecified atom stereocenters. The number of amides is 1. The Balaban J connectivity index is 1.74. The van der Waals surface area contributed by atoms with Gasteiger partial charge in [0.1, 0.15) is 0 Å². The number of hydrogen-bond acceptors (Lipinski definition) is 3. The number of benzene rings is 1. The van der Waals surface area contributed by atoms with E-state index < -0.39 is 5.82 Å². The zero-order valence-corrected chi connectivity index (χ0v) is 12.5. The van der Waals surface area contributed by atoms with Gasteiger partial charge in [-0.25, -0.2) is 4.39 Å². The van der Waals surface area contributed by atoms with Crippen LogP contribution in [0.25, 0.3) is 0 Å². The molecule has 0 aliphatic carbocycles. The standard InChI is InChI=1S/C16H22FNO3/c1-11(2)16-12(7-8-20-16)9-18-15(19)10-21-14-6-4-3-5-13(14)17/h3-6,11-12,16H,7-10H2,1-2H3,(H,18,19)/t12-,16-/m1/s1. The number of hydrogen-bond donors (Lipinski definition) is 1. The molecule has 1 aromatic rings. The van der Waals surface area contributed by atoms with E-state index in [1.807, 2.05) is 0 Å². The summed E-state index contributed by atoms with van der Waals surface area (Å²) in [5, 5.41) is 2.83. The second-order valence-corrected chi connectivity index (χ2v) is 5.65. The number of nitrogens with one attached hydrogen (secondary N) is 1. The Morgan fingerprint density at radius 1 is 1.48 bits per heavy atom. The molecule has 0 bridgehead atoms. The summed E-state index contributed by atoms with van der Waals surface area (Å²) in [5.74, 6) is 0.158. The van der Waals surface area contributed by atoms with Crippen molar-refractivity contribution in [3.8, 4) is 5.75 Å². The van der Waals surface area contributed by atoms with Crippen LogP contribution >= 0.6 is 0 Å². The Kier molecular flexibility index (Phi) is 5.56. The van der Waals surface area contributed by atoms with E-state index in [-0.39, 0.29) is 24.4 Å². The van der Waals surface area contributed by atoms with Gasteiger partial charge < -0.3 is 14.8 Å². The molecule has 1 amide bonds. The van der Waals surface area contributed by atoms with E-state index in [0.717, 1.165) is 13.0 Å². The van der Waals surface area contributed by atoms with Crippen LogP contribution in [0.4, 0.5) is 4.39 Å². The van der Waals surface area contributed by atoms with Crippen LogP contribution in [0.2, 0.25) is 0 Å². The normalized spacial score (nSPS) is 21.5. The first kappa shape index (κ1) is 15.8. The molecule has 4 nitrogen and oxygen atoms in total. The molecule has 0 radical (unpaired) electrons. The fraction of sp³-hybridized carbons (Fsp3) is 0.562.